The van der Waals surface area contributed by atoms with Crippen LogP contribution in [0.15, 0.2) is 54.6 Å². The van der Waals surface area contributed by atoms with E-state index in [4.69, 9.17) is 10.5 Å². The fraction of sp³-hybridized carbons (Fsp3) is 0.0714. The van der Waals surface area contributed by atoms with E-state index in [9.17, 15) is 4.79 Å². The summed E-state index contributed by atoms with van der Waals surface area (Å²) >= 11 is 0. The van der Waals surface area contributed by atoms with Crippen LogP contribution in [0, 0.1) is 0 Å². The highest BCUT2D eigenvalue weighted by Gasteiger charge is 2.04. The fourth-order valence-corrected chi connectivity index (χ4v) is 1.47. The normalized spacial score (nSPS) is 9.83. The number of nitrogens with two attached hydrogens (primary N) is 1. The smallest absolute Gasteiger partial charge is 0.410 e. The van der Waals surface area contributed by atoms with Crippen LogP contribution in [0.3, 0.4) is 0 Å². The summed E-state index contributed by atoms with van der Waals surface area (Å²) in [6.07, 6.45) is -0.512. The molecule has 0 fully saturated rings. The second-order valence-electron chi connectivity index (χ2n) is 3.73. The number of anilines is 1. The summed E-state index contributed by atoms with van der Waals surface area (Å²) < 4.78 is 5.13. The van der Waals surface area contributed by atoms with Crippen LogP contribution in [-0.4, -0.2) is 6.09 Å². The topological polar surface area (TPSA) is 64.3 Å². The molecular weight excluding hydrogens is 228 g/mol. The number of carbonyl (C=O) groups is 1. The molecule has 0 aromatic heterocycles. The van der Waals surface area contributed by atoms with Gasteiger partial charge in [-0.2, -0.15) is 0 Å². The Morgan fingerprint density at radius 3 is 2.33 bits per heavy atom. The minimum absolute atomic E-state index is 0.469. The Balaban J connectivity index is 1.94. The van der Waals surface area contributed by atoms with Crippen LogP contribution >= 0.6 is 0 Å². The largest absolute Gasteiger partial charge is 0.417 e. The van der Waals surface area contributed by atoms with Gasteiger partial charge in [-0.1, -0.05) is 30.3 Å². The van der Waals surface area contributed by atoms with Crippen molar-refractivity contribution in [2.45, 2.75) is 6.54 Å². The maximum Gasteiger partial charge on any atom is 0.417 e. The molecule has 0 aliphatic carbocycles. The number of ether oxygens (including phenoxy) is 1. The zero-order valence-electron chi connectivity index (χ0n) is 9.80. The number of amides is 1. The fourth-order valence-electron chi connectivity index (χ4n) is 1.47. The van der Waals surface area contributed by atoms with E-state index in [-0.39, 0.29) is 0 Å². The van der Waals surface area contributed by atoms with E-state index in [2.05, 4.69) is 5.32 Å². The van der Waals surface area contributed by atoms with Crippen molar-refractivity contribution in [2.24, 2.45) is 5.73 Å². The molecule has 0 aliphatic heterocycles. The quantitative estimate of drug-likeness (QED) is 0.869. The summed E-state index contributed by atoms with van der Waals surface area (Å²) in [6.45, 7) is 0.469. The maximum atomic E-state index is 11.6. The monoisotopic (exact) mass is 242 g/mol. The van der Waals surface area contributed by atoms with Crippen molar-refractivity contribution in [2.75, 3.05) is 5.32 Å². The SMILES string of the molecule is NCc1ccc(OC(=O)Nc2ccccc2)cc1. The zero-order chi connectivity index (χ0) is 12.8. The van der Waals surface area contributed by atoms with Crippen molar-refractivity contribution >= 4 is 11.8 Å². The minimum atomic E-state index is -0.512. The van der Waals surface area contributed by atoms with Crippen molar-refractivity contribution in [3.05, 3.63) is 60.2 Å². The molecule has 0 spiro atoms. The van der Waals surface area contributed by atoms with Crippen molar-refractivity contribution in [1.82, 2.24) is 0 Å². The highest BCUT2D eigenvalue weighted by Crippen LogP contribution is 2.13. The van der Waals surface area contributed by atoms with Crippen LogP contribution in [0.25, 0.3) is 0 Å². The standard InChI is InChI=1S/C14H14N2O2/c15-10-11-6-8-13(9-7-11)18-14(17)16-12-4-2-1-3-5-12/h1-9H,10,15H2,(H,16,17). The van der Waals surface area contributed by atoms with Crippen LogP contribution in [0.1, 0.15) is 5.56 Å². The molecule has 4 nitrogen and oxygen atoms in total. The van der Waals surface area contributed by atoms with E-state index in [1.807, 2.05) is 30.3 Å². The highest BCUT2D eigenvalue weighted by molar-refractivity contribution is 5.86. The first-order chi connectivity index (χ1) is 8.78. The van der Waals surface area contributed by atoms with Gasteiger partial charge >= 0.3 is 6.09 Å². The van der Waals surface area contributed by atoms with Crippen molar-refractivity contribution in [1.29, 1.82) is 0 Å². The van der Waals surface area contributed by atoms with Crippen LogP contribution in [0.5, 0.6) is 5.75 Å². The molecule has 3 N–H and O–H groups in total. The van der Waals surface area contributed by atoms with Crippen LogP contribution in [-0.2, 0) is 6.54 Å². The molecule has 1 amide bonds. The molecule has 2 aromatic rings. The van der Waals surface area contributed by atoms with Crippen molar-refractivity contribution in [3.8, 4) is 5.75 Å². The summed E-state index contributed by atoms with van der Waals surface area (Å²) in [5.41, 5.74) is 7.17. The Morgan fingerprint density at radius 1 is 1.06 bits per heavy atom. The van der Waals surface area contributed by atoms with Crippen LogP contribution in [0.2, 0.25) is 0 Å². The van der Waals surface area contributed by atoms with E-state index in [0.717, 1.165) is 5.56 Å². The molecule has 92 valence electrons. The highest BCUT2D eigenvalue weighted by atomic mass is 16.6. The Hall–Kier alpha value is -2.33. The first-order valence-electron chi connectivity index (χ1n) is 5.61. The Kier molecular flexibility index (Phi) is 3.94. The molecule has 0 saturated carbocycles. The first kappa shape index (κ1) is 12.1. The van der Waals surface area contributed by atoms with Crippen molar-refractivity contribution < 1.29 is 9.53 Å². The summed E-state index contributed by atoms with van der Waals surface area (Å²) in [7, 11) is 0. The molecule has 18 heavy (non-hydrogen) atoms. The Bertz CT molecular complexity index is 509. The third kappa shape index (κ3) is 3.33. The number of nitrogens with one attached hydrogen (secondary N) is 1. The van der Waals surface area contributed by atoms with E-state index in [1.54, 1.807) is 24.3 Å². The lowest BCUT2D eigenvalue weighted by Crippen LogP contribution is -2.16. The predicted molar refractivity (Wildman–Crippen MR) is 70.4 cm³/mol. The zero-order valence-corrected chi connectivity index (χ0v) is 9.80. The van der Waals surface area contributed by atoms with Crippen LogP contribution < -0.4 is 15.8 Å². The molecule has 2 rings (SSSR count). The summed E-state index contributed by atoms with van der Waals surface area (Å²) in [4.78, 5) is 11.6. The summed E-state index contributed by atoms with van der Waals surface area (Å²) in [5.74, 6) is 0.487. The average Bonchev–Trinajstić information content (AvgIpc) is 2.40. The van der Waals surface area contributed by atoms with Gasteiger partial charge < -0.3 is 10.5 Å². The van der Waals surface area contributed by atoms with E-state index in [1.165, 1.54) is 0 Å². The third-order valence-electron chi connectivity index (χ3n) is 2.39. The molecule has 4 heteroatoms. The number of benzene rings is 2. The van der Waals surface area contributed by atoms with Crippen molar-refractivity contribution in [3.63, 3.8) is 0 Å². The van der Waals surface area contributed by atoms with E-state index < -0.39 is 6.09 Å². The molecule has 0 heterocycles. The van der Waals surface area contributed by atoms with E-state index in [0.29, 0.717) is 18.0 Å². The van der Waals surface area contributed by atoms with Crippen LogP contribution in [0.4, 0.5) is 10.5 Å². The van der Waals surface area contributed by atoms with Gasteiger partial charge in [0, 0.05) is 12.2 Å². The van der Waals surface area contributed by atoms with Gasteiger partial charge in [0.2, 0.25) is 0 Å². The number of carbonyl (C=O) groups excluding carboxylic acids is 1. The Labute approximate surface area is 105 Å². The van der Waals surface area contributed by atoms with Gasteiger partial charge in [-0.05, 0) is 29.8 Å². The molecule has 0 radical (unpaired) electrons. The molecule has 2 aromatic carbocycles. The first-order valence-corrected chi connectivity index (χ1v) is 5.61. The summed E-state index contributed by atoms with van der Waals surface area (Å²) in [5, 5.41) is 2.63. The molecule has 0 bridgehead atoms. The van der Waals surface area contributed by atoms with Gasteiger partial charge in [-0.25, -0.2) is 4.79 Å². The van der Waals surface area contributed by atoms with Gasteiger partial charge in [0.15, 0.2) is 0 Å². The predicted octanol–water partition coefficient (Wildman–Crippen LogP) is 2.76. The third-order valence-corrected chi connectivity index (χ3v) is 2.39. The molecule has 0 saturated heterocycles. The van der Waals surface area contributed by atoms with Gasteiger partial charge in [0.25, 0.3) is 0 Å². The Morgan fingerprint density at radius 2 is 1.72 bits per heavy atom. The number of hydrogen-bond donors (Lipinski definition) is 2. The molecule has 0 aliphatic rings. The van der Waals surface area contributed by atoms with E-state index >= 15 is 0 Å². The average molecular weight is 242 g/mol. The number of hydrogen-bond acceptors (Lipinski definition) is 3. The van der Waals surface area contributed by atoms with Gasteiger partial charge in [-0.15, -0.1) is 0 Å². The minimum Gasteiger partial charge on any atom is -0.410 e. The molecule has 0 atom stereocenters. The summed E-state index contributed by atoms with van der Waals surface area (Å²) in [6, 6.07) is 16.2. The van der Waals surface area contributed by atoms with Gasteiger partial charge in [-0.3, -0.25) is 5.32 Å². The second kappa shape index (κ2) is 5.84. The van der Waals surface area contributed by atoms with Gasteiger partial charge in [0.1, 0.15) is 5.75 Å². The molecule has 0 unspecified atom stereocenters. The lowest BCUT2D eigenvalue weighted by Gasteiger charge is -2.06. The second-order valence-corrected chi connectivity index (χ2v) is 3.73. The maximum absolute atomic E-state index is 11.6. The number of para-hydroxylation sites is 1. The lowest BCUT2D eigenvalue weighted by molar-refractivity contribution is 0.215. The van der Waals surface area contributed by atoms with Gasteiger partial charge in [0.05, 0.1) is 0 Å². The lowest BCUT2D eigenvalue weighted by atomic mass is 10.2. The molecular formula is C14H14N2O2. The number of rotatable bonds is 3.